The highest BCUT2D eigenvalue weighted by Gasteiger charge is 2.13. The average molecular weight is 268 g/mol. The van der Waals surface area contributed by atoms with E-state index in [-0.39, 0.29) is 0 Å². The van der Waals surface area contributed by atoms with Crippen LogP contribution in [0.3, 0.4) is 0 Å². The van der Waals surface area contributed by atoms with Crippen LogP contribution in [-0.2, 0) is 16.4 Å². The summed E-state index contributed by atoms with van der Waals surface area (Å²) in [6.45, 7) is 2.18. The number of benzene rings is 1. The van der Waals surface area contributed by atoms with Crippen molar-refractivity contribution in [1.29, 1.82) is 0 Å². The van der Waals surface area contributed by atoms with Crippen molar-refractivity contribution in [2.24, 2.45) is 5.92 Å². The fourth-order valence-corrected chi connectivity index (χ4v) is 2.96. The molecule has 1 saturated heterocycles. The summed E-state index contributed by atoms with van der Waals surface area (Å²) in [6.07, 6.45) is 4.65. The molecule has 1 fully saturated rings. The third kappa shape index (κ3) is 4.31. The molecule has 1 unspecified atom stereocenters. The lowest BCUT2D eigenvalue weighted by Crippen LogP contribution is -2.30. The normalized spacial score (nSPS) is 20.6. The number of anilines is 1. The zero-order valence-corrected chi connectivity index (χ0v) is 11.5. The highest BCUT2D eigenvalue weighted by Crippen LogP contribution is 2.19. The first kappa shape index (κ1) is 13.4. The van der Waals surface area contributed by atoms with Crippen LogP contribution in [0.4, 0.5) is 5.69 Å². The third-order valence-corrected chi connectivity index (χ3v) is 3.76. The van der Waals surface area contributed by atoms with Gasteiger partial charge in [-0.3, -0.25) is 4.72 Å². The number of hydrogen-bond donors (Lipinski definition) is 2. The Morgan fingerprint density at radius 3 is 2.94 bits per heavy atom. The van der Waals surface area contributed by atoms with Gasteiger partial charge in [0.2, 0.25) is 10.0 Å². The molecular weight excluding hydrogens is 248 g/mol. The fourth-order valence-electron chi connectivity index (χ4n) is 2.41. The summed E-state index contributed by atoms with van der Waals surface area (Å²) in [6, 6.07) is 7.67. The maximum Gasteiger partial charge on any atom is 0.229 e. The number of sulfonamides is 1. The second kappa shape index (κ2) is 5.71. The highest BCUT2D eigenvalue weighted by atomic mass is 32.2. The molecule has 0 aromatic heterocycles. The lowest BCUT2D eigenvalue weighted by Gasteiger charge is -2.22. The Bertz CT molecular complexity index is 493. The van der Waals surface area contributed by atoms with Gasteiger partial charge >= 0.3 is 0 Å². The van der Waals surface area contributed by atoms with Crippen molar-refractivity contribution in [2.75, 3.05) is 24.1 Å². The predicted octanol–water partition coefficient (Wildman–Crippen LogP) is 1.60. The summed E-state index contributed by atoms with van der Waals surface area (Å²) in [4.78, 5) is 0. The van der Waals surface area contributed by atoms with E-state index in [1.54, 1.807) is 6.07 Å². The molecule has 5 heteroatoms. The Labute approximate surface area is 109 Å². The molecule has 0 aliphatic carbocycles. The molecule has 1 aliphatic rings. The molecule has 1 atom stereocenters. The molecular formula is C13H20N2O2S. The van der Waals surface area contributed by atoms with Crippen molar-refractivity contribution >= 4 is 15.7 Å². The molecule has 1 aromatic rings. The van der Waals surface area contributed by atoms with Crippen LogP contribution in [0.5, 0.6) is 0 Å². The minimum Gasteiger partial charge on any atom is -0.316 e. The van der Waals surface area contributed by atoms with Gasteiger partial charge in [-0.2, -0.15) is 0 Å². The van der Waals surface area contributed by atoms with E-state index in [1.807, 2.05) is 12.1 Å². The number of hydrogen-bond acceptors (Lipinski definition) is 3. The molecule has 0 amide bonds. The van der Waals surface area contributed by atoms with Crippen molar-refractivity contribution in [1.82, 2.24) is 5.32 Å². The molecule has 0 spiro atoms. The van der Waals surface area contributed by atoms with Gasteiger partial charge in [0.05, 0.1) is 6.26 Å². The zero-order valence-electron chi connectivity index (χ0n) is 10.6. The van der Waals surface area contributed by atoms with Gasteiger partial charge in [0, 0.05) is 5.69 Å². The van der Waals surface area contributed by atoms with Crippen LogP contribution in [-0.4, -0.2) is 27.8 Å². The summed E-state index contributed by atoms with van der Waals surface area (Å²) in [5.74, 6) is 0.659. The van der Waals surface area contributed by atoms with Crippen LogP contribution in [0.1, 0.15) is 18.4 Å². The first-order chi connectivity index (χ1) is 8.53. The van der Waals surface area contributed by atoms with Crippen molar-refractivity contribution in [2.45, 2.75) is 19.3 Å². The molecule has 100 valence electrons. The van der Waals surface area contributed by atoms with Crippen LogP contribution in [0.2, 0.25) is 0 Å². The minimum atomic E-state index is -3.19. The lowest BCUT2D eigenvalue weighted by molar-refractivity contribution is 0.376. The Kier molecular flexibility index (Phi) is 4.24. The summed E-state index contributed by atoms with van der Waals surface area (Å²) < 4.78 is 24.9. The van der Waals surface area contributed by atoms with Gasteiger partial charge in [0.25, 0.3) is 0 Å². The molecule has 2 rings (SSSR count). The topological polar surface area (TPSA) is 58.2 Å². The van der Waals surface area contributed by atoms with Crippen LogP contribution < -0.4 is 10.0 Å². The van der Waals surface area contributed by atoms with Crippen molar-refractivity contribution in [3.05, 3.63) is 29.8 Å². The summed E-state index contributed by atoms with van der Waals surface area (Å²) in [5, 5.41) is 3.40. The van der Waals surface area contributed by atoms with E-state index in [9.17, 15) is 8.42 Å². The second-order valence-electron chi connectivity index (χ2n) is 4.99. The van der Waals surface area contributed by atoms with Gasteiger partial charge in [0.1, 0.15) is 0 Å². The second-order valence-corrected chi connectivity index (χ2v) is 6.74. The Morgan fingerprint density at radius 1 is 1.44 bits per heavy atom. The quantitative estimate of drug-likeness (QED) is 0.872. The first-order valence-corrected chi connectivity index (χ1v) is 8.19. The highest BCUT2D eigenvalue weighted by molar-refractivity contribution is 7.92. The van der Waals surface area contributed by atoms with E-state index >= 15 is 0 Å². The summed E-state index contributed by atoms with van der Waals surface area (Å²) in [7, 11) is -3.19. The molecule has 0 radical (unpaired) electrons. The Morgan fingerprint density at radius 2 is 2.28 bits per heavy atom. The maximum absolute atomic E-state index is 11.2. The predicted molar refractivity (Wildman–Crippen MR) is 74.2 cm³/mol. The molecule has 18 heavy (non-hydrogen) atoms. The third-order valence-electron chi connectivity index (χ3n) is 3.15. The van der Waals surface area contributed by atoms with E-state index in [4.69, 9.17) is 0 Å². The summed E-state index contributed by atoms with van der Waals surface area (Å²) >= 11 is 0. The molecule has 0 saturated carbocycles. The smallest absolute Gasteiger partial charge is 0.229 e. The van der Waals surface area contributed by atoms with Crippen LogP contribution >= 0.6 is 0 Å². The van der Waals surface area contributed by atoms with Gasteiger partial charge in [-0.15, -0.1) is 0 Å². The van der Waals surface area contributed by atoms with Crippen LogP contribution in [0.25, 0.3) is 0 Å². The number of piperidine rings is 1. The van der Waals surface area contributed by atoms with Gasteiger partial charge in [-0.05, 0) is 56.0 Å². The van der Waals surface area contributed by atoms with Gasteiger partial charge in [-0.25, -0.2) is 8.42 Å². The van der Waals surface area contributed by atoms with Crippen molar-refractivity contribution < 1.29 is 8.42 Å². The van der Waals surface area contributed by atoms with Gasteiger partial charge < -0.3 is 5.32 Å². The van der Waals surface area contributed by atoms with E-state index < -0.39 is 10.0 Å². The molecule has 1 aliphatic heterocycles. The molecule has 1 aromatic carbocycles. The summed E-state index contributed by atoms with van der Waals surface area (Å²) in [5.41, 5.74) is 1.84. The monoisotopic (exact) mass is 268 g/mol. The Hall–Kier alpha value is -1.07. The van der Waals surface area contributed by atoms with E-state index in [0.29, 0.717) is 11.6 Å². The molecule has 0 bridgehead atoms. The van der Waals surface area contributed by atoms with Crippen molar-refractivity contribution in [3.63, 3.8) is 0 Å². The van der Waals surface area contributed by atoms with Crippen LogP contribution in [0, 0.1) is 5.92 Å². The molecule has 1 heterocycles. The maximum atomic E-state index is 11.2. The molecule has 4 nitrogen and oxygen atoms in total. The lowest BCUT2D eigenvalue weighted by atomic mass is 9.92. The standard InChI is InChI=1S/C13H20N2O2S/c1-18(16,17)15-13-6-2-4-11(9-13)8-12-5-3-7-14-10-12/h2,4,6,9,12,14-15H,3,5,7-8,10H2,1H3. The van der Waals surface area contributed by atoms with E-state index in [1.165, 1.54) is 24.7 Å². The van der Waals surface area contributed by atoms with Crippen LogP contribution in [0.15, 0.2) is 24.3 Å². The minimum absolute atomic E-state index is 0.652. The van der Waals surface area contributed by atoms with Gasteiger partial charge in [-0.1, -0.05) is 12.1 Å². The van der Waals surface area contributed by atoms with E-state index in [2.05, 4.69) is 16.1 Å². The van der Waals surface area contributed by atoms with Gasteiger partial charge in [0.15, 0.2) is 0 Å². The fraction of sp³-hybridized carbons (Fsp3) is 0.538. The number of nitrogens with one attached hydrogen (secondary N) is 2. The number of rotatable bonds is 4. The Balaban J connectivity index is 2.02. The van der Waals surface area contributed by atoms with E-state index in [0.717, 1.165) is 19.5 Å². The first-order valence-electron chi connectivity index (χ1n) is 6.30. The molecule has 2 N–H and O–H groups in total. The zero-order chi connectivity index (χ0) is 13.0. The largest absolute Gasteiger partial charge is 0.316 e. The SMILES string of the molecule is CS(=O)(=O)Nc1cccc(CC2CCCNC2)c1. The van der Waals surface area contributed by atoms with Crippen molar-refractivity contribution in [3.8, 4) is 0 Å². The average Bonchev–Trinajstić information content (AvgIpc) is 2.28.